The standard InChI is InChI=1S/C40H55N3O6S/c1-3-23-47-40-37(50-25-15-29-13-16-41-17-14-29)28-35(42-48-4-2)33-26-30(9-5-7-21-44)32(10-6-8-22-45)38(39(33)40)34-27-31(11-12-36(34)49-40)46-24-20-43-18-19-43/h3,11-14,16-17,26-27,30,32,37-39,44-45H,1,4-10,15,18-25,28H2,2H3. The van der Waals surface area contributed by atoms with Gasteiger partial charge in [-0.2, -0.15) is 11.8 Å². The minimum atomic E-state index is -0.960. The number of unbranched alkanes of at least 4 members (excludes halogenated alkanes) is 2. The third kappa shape index (κ3) is 8.59. The van der Waals surface area contributed by atoms with Crippen molar-refractivity contribution in [2.75, 3.05) is 58.4 Å². The van der Waals surface area contributed by atoms with Crippen molar-refractivity contribution in [2.45, 2.75) is 75.2 Å². The number of thioether (sulfide) groups is 1. The van der Waals surface area contributed by atoms with Crippen molar-refractivity contribution < 1.29 is 29.3 Å². The van der Waals surface area contributed by atoms with Gasteiger partial charge in [0.15, 0.2) is 0 Å². The van der Waals surface area contributed by atoms with Gasteiger partial charge in [-0.1, -0.05) is 30.1 Å². The summed E-state index contributed by atoms with van der Waals surface area (Å²) in [6.07, 6.45) is 14.8. The predicted octanol–water partition coefficient (Wildman–Crippen LogP) is 6.41. The summed E-state index contributed by atoms with van der Waals surface area (Å²) in [5.74, 6) is 2.09. The maximum Gasteiger partial charge on any atom is 0.230 e. The van der Waals surface area contributed by atoms with Gasteiger partial charge in [0.25, 0.3) is 0 Å². The molecule has 6 atom stereocenters. The Morgan fingerprint density at radius 3 is 2.64 bits per heavy atom. The number of nitrogens with zero attached hydrogens (tertiary/aromatic N) is 3. The molecule has 6 rings (SSSR count). The van der Waals surface area contributed by atoms with E-state index in [1.807, 2.05) is 43.2 Å². The summed E-state index contributed by atoms with van der Waals surface area (Å²) < 4.78 is 20.6. The Hall–Kier alpha value is -2.89. The average Bonchev–Trinajstić information content (AvgIpc) is 3.97. The summed E-state index contributed by atoms with van der Waals surface area (Å²) in [4.78, 5) is 12.4. The number of aromatic nitrogens is 1. The van der Waals surface area contributed by atoms with Gasteiger partial charge < -0.3 is 29.3 Å². The van der Waals surface area contributed by atoms with Crippen molar-refractivity contribution in [1.82, 2.24) is 9.88 Å². The lowest BCUT2D eigenvalue weighted by molar-refractivity contribution is -0.223. The van der Waals surface area contributed by atoms with Gasteiger partial charge in [-0.15, -0.1) is 6.58 Å². The Bertz CT molecular complexity index is 1450. The lowest BCUT2D eigenvalue weighted by Gasteiger charge is -2.58. The van der Waals surface area contributed by atoms with Crippen molar-refractivity contribution in [3.8, 4) is 11.5 Å². The van der Waals surface area contributed by atoms with Crippen LogP contribution in [0.5, 0.6) is 11.5 Å². The molecule has 2 N–H and O–H groups in total. The first kappa shape index (κ1) is 36.9. The second-order valence-electron chi connectivity index (χ2n) is 13.8. The number of benzene rings is 1. The number of hydrogen-bond donors (Lipinski definition) is 2. The monoisotopic (exact) mass is 705 g/mol. The van der Waals surface area contributed by atoms with Crippen LogP contribution in [0.4, 0.5) is 0 Å². The number of ether oxygens (including phenoxy) is 3. The highest BCUT2D eigenvalue weighted by molar-refractivity contribution is 8.00. The molecule has 0 bridgehead atoms. The third-order valence-corrected chi connectivity index (χ3v) is 11.9. The summed E-state index contributed by atoms with van der Waals surface area (Å²) in [6.45, 7) is 11.1. The van der Waals surface area contributed by atoms with E-state index in [9.17, 15) is 10.2 Å². The second kappa shape index (κ2) is 18.0. The molecule has 2 aromatic rings. The Morgan fingerprint density at radius 2 is 1.90 bits per heavy atom. The van der Waals surface area contributed by atoms with E-state index in [2.05, 4.69) is 46.8 Å². The van der Waals surface area contributed by atoms with Crippen molar-refractivity contribution in [1.29, 1.82) is 0 Å². The quantitative estimate of drug-likeness (QED) is 0.0661. The van der Waals surface area contributed by atoms with Gasteiger partial charge in [-0.3, -0.25) is 9.88 Å². The van der Waals surface area contributed by atoms with E-state index in [1.165, 1.54) is 5.56 Å². The third-order valence-electron chi connectivity index (χ3n) is 10.6. The van der Waals surface area contributed by atoms with E-state index in [-0.39, 0.29) is 42.1 Å². The molecule has 1 saturated carbocycles. The highest BCUT2D eigenvalue weighted by Gasteiger charge is 2.63. The molecule has 2 fully saturated rings. The second-order valence-corrected chi connectivity index (χ2v) is 15.1. The smallest absolute Gasteiger partial charge is 0.230 e. The van der Waals surface area contributed by atoms with Crippen molar-refractivity contribution in [3.63, 3.8) is 0 Å². The lowest BCUT2D eigenvalue weighted by atomic mass is 9.56. The van der Waals surface area contributed by atoms with Crippen LogP contribution >= 0.6 is 11.8 Å². The van der Waals surface area contributed by atoms with Crippen LogP contribution in [-0.2, 0) is 16.0 Å². The van der Waals surface area contributed by atoms with Crippen LogP contribution in [0.25, 0.3) is 0 Å². The van der Waals surface area contributed by atoms with Gasteiger partial charge in [-0.25, -0.2) is 0 Å². The molecular weight excluding hydrogens is 651 g/mol. The zero-order valence-corrected chi connectivity index (χ0v) is 30.4. The summed E-state index contributed by atoms with van der Waals surface area (Å²) in [5.41, 5.74) is 4.53. The van der Waals surface area contributed by atoms with E-state index in [1.54, 1.807) is 0 Å². The number of hydrogen-bond acceptors (Lipinski definition) is 10. The molecular formula is C40H55N3O6S. The number of oxime groups is 1. The molecule has 3 heterocycles. The fourth-order valence-electron chi connectivity index (χ4n) is 8.16. The summed E-state index contributed by atoms with van der Waals surface area (Å²) in [7, 11) is 0. The molecule has 1 aromatic carbocycles. The Balaban J connectivity index is 1.45. The van der Waals surface area contributed by atoms with Gasteiger partial charge in [0.1, 0.15) is 24.7 Å². The first-order valence-corrected chi connectivity index (χ1v) is 19.7. The maximum atomic E-state index is 9.83. The minimum Gasteiger partial charge on any atom is -0.492 e. The molecule has 50 heavy (non-hydrogen) atoms. The van der Waals surface area contributed by atoms with Crippen LogP contribution in [0, 0.1) is 17.8 Å². The first-order chi connectivity index (χ1) is 24.6. The average molecular weight is 706 g/mol. The summed E-state index contributed by atoms with van der Waals surface area (Å²) in [5, 5.41) is 24.3. The lowest BCUT2D eigenvalue weighted by Crippen LogP contribution is -2.64. The molecule has 6 unspecified atom stereocenters. The Kier molecular flexibility index (Phi) is 13.3. The zero-order valence-electron chi connectivity index (χ0n) is 29.6. The number of aliphatic hydroxyl groups is 2. The fourth-order valence-corrected chi connectivity index (χ4v) is 9.57. The topological polar surface area (TPSA) is 106 Å². The zero-order chi connectivity index (χ0) is 34.8. The van der Waals surface area contributed by atoms with Crippen LogP contribution in [0.2, 0.25) is 0 Å². The molecule has 9 nitrogen and oxygen atoms in total. The Labute approximate surface area is 302 Å². The van der Waals surface area contributed by atoms with E-state index in [0.29, 0.717) is 26.2 Å². The summed E-state index contributed by atoms with van der Waals surface area (Å²) in [6, 6.07) is 10.5. The molecule has 2 aliphatic carbocycles. The SMILES string of the molecule is C=CCOC12Oc3ccc(OCCN4CC4)cc3C3C(CCCCO)C(CCCCO)C=C(C(=NOCC)CC1SCCc1ccncc1)C32. The van der Waals surface area contributed by atoms with Gasteiger partial charge in [0, 0.05) is 63.1 Å². The van der Waals surface area contributed by atoms with E-state index < -0.39 is 5.79 Å². The molecule has 1 aromatic heterocycles. The predicted molar refractivity (Wildman–Crippen MR) is 199 cm³/mol. The largest absolute Gasteiger partial charge is 0.492 e. The van der Waals surface area contributed by atoms with Crippen LogP contribution in [0.1, 0.15) is 68.9 Å². The van der Waals surface area contributed by atoms with Gasteiger partial charge >= 0.3 is 0 Å². The number of aliphatic hydroxyl groups excluding tert-OH is 2. The molecule has 10 heteroatoms. The highest BCUT2D eigenvalue weighted by Crippen LogP contribution is 2.62. The van der Waals surface area contributed by atoms with Crippen molar-refractivity contribution in [3.05, 3.63) is 78.2 Å². The Morgan fingerprint density at radius 1 is 1.10 bits per heavy atom. The number of aryl methyl sites for hydroxylation is 1. The van der Waals surface area contributed by atoms with Gasteiger partial charge in [-0.05, 0) is 98.1 Å². The van der Waals surface area contributed by atoms with Gasteiger partial charge in [0.05, 0.1) is 23.5 Å². The molecule has 0 amide bonds. The fraction of sp³-hybridized carbons (Fsp3) is 0.600. The normalized spacial score (nSPS) is 27.5. The van der Waals surface area contributed by atoms with E-state index in [0.717, 1.165) is 98.7 Å². The van der Waals surface area contributed by atoms with E-state index >= 15 is 0 Å². The highest BCUT2D eigenvalue weighted by atomic mass is 32.2. The number of fused-ring (bicyclic) bond motifs is 2. The molecule has 1 saturated heterocycles. The maximum absolute atomic E-state index is 9.83. The molecule has 2 aliphatic heterocycles. The van der Waals surface area contributed by atoms with Gasteiger partial charge in [0.2, 0.25) is 5.79 Å². The molecule has 0 radical (unpaired) electrons. The van der Waals surface area contributed by atoms with Crippen LogP contribution < -0.4 is 9.47 Å². The first-order valence-electron chi connectivity index (χ1n) is 18.7. The minimum absolute atomic E-state index is 0.0613. The number of pyridine rings is 1. The van der Waals surface area contributed by atoms with Crippen LogP contribution in [-0.4, -0.2) is 95.3 Å². The van der Waals surface area contributed by atoms with Crippen LogP contribution in [0.3, 0.4) is 0 Å². The summed E-state index contributed by atoms with van der Waals surface area (Å²) >= 11 is 1.88. The van der Waals surface area contributed by atoms with Crippen LogP contribution in [0.15, 0.2) is 72.2 Å². The molecule has 4 aliphatic rings. The molecule has 0 spiro atoms. The number of rotatable bonds is 21. The van der Waals surface area contributed by atoms with Crippen molar-refractivity contribution >= 4 is 17.5 Å². The molecule has 272 valence electrons. The number of allylic oxidation sites excluding steroid dienone is 1. The van der Waals surface area contributed by atoms with E-state index in [4.69, 9.17) is 24.2 Å². The van der Waals surface area contributed by atoms with Crippen molar-refractivity contribution in [2.24, 2.45) is 22.9 Å².